The minimum atomic E-state index is -3.96. The van der Waals surface area contributed by atoms with Crippen molar-refractivity contribution in [1.82, 2.24) is 4.31 Å². The molecule has 1 heterocycles. The van der Waals surface area contributed by atoms with Gasteiger partial charge in [-0.2, -0.15) is 4.31 Å². The van der Waals surface area contributed by atoms with Crippen molar-refractivity contribution in [3.05, 3.63) is 83.4 Å². The molecule has 1 aliphatic carbocycles. The number of sulfonamides is 1. The van der Waals surface area contributed by atoms with Crippen molar-refractivity contribution in [3.8, 4) is 0 Å². The minimum Gasteiger partial charge on any atom is -0.466 e. The fourth-order valence-corrected chi connectivity index (χ4v) is 6.24. The number of aryl methyl sites for hydroxylation is 1. The molecule has 1 aliphatic heterocycles. The zero-order valence-corrected chi connectivity index (χ0v) is 18.9. The number of rotatable bonds is 5. The predicted octanol–water partition coefficient (Wildman–Crippen LogP) is 3.53. The van der Waals surface area contributed by atoms with E-state index in [9.17, 15) is 18.0 Å². The summed E-state index contributed by atoms with van der Waals surface area (Å²) in [4.78, 5) is 25.7. The molecule has 2 atom stereocenters. The Hall–Kier alpha value is -3.03. The Morgan fingerprint density at radius 2 is 1.75 bits per heavy atom. The second-order valence-electron chi connectivity index (χ2n) is 8.16. The van der Waals surface area contributed by atoms with Crippen molar-refractivity contribution in [2.45, 2.75) is 30.7 Å². The Morgan fingerprint density at radius 1 is 1.09 bits per heavy atom. The number of ketones is 1. The van der Waals surface area contributed by atoms with E-state index in [4.69, 9.17) is 4.74 Å². The molecule has 166 valence electrons. The van der Waals surface area contributed by atoms with Crippen LogP contribution >= 0.6 is 0 Å². The first-order valence-corrected chi connectivity index (χ1v) is 11.9. The minimum absolute atomic E-state index is 0.00557. The van der Waals surface area contributed by atoms with Crippen molar-refractivity contribution in [2.24, 2.45) is 5.92 Å². The smallest absolute Gasteiger partial charge is 0.335 e. The molecule has 0 saturated carbocycles. The molecule has 2 unspecified atom stereocenters. The first kappa shape index (κ1) is 22.2. The lowest BCUT2D eigenvalue weighted by atomic mass is 9.83. The number of Topliss-reactive ketones (excluding diaryl/α,β-unsaturated/α-hetero) is 1. The number of ether oxygens (including phenoxy) is 1. The number of carbonyl (C=O) groups is 2. The van der Waals surface area contributed by atoms with Crippen LogP contribution < -0.4 is 0 Å². The van der Waals surface area contributed by atoms with Crippen molar-refractivity contribution < 1.29 is 22.7 Å². The molecule has 32 heavy (non-hydrogen) atoms. The number of fused-ring (bicyclic) bond motifs is 1. The van der Waals surface area contributed by atoms with E-state index in [0.717, 1.165) is 5.56 Å². The molecule has 0 bridgehead atoms. The van der Waals surface area contributed by atoms with Crippen LogP contribution in [0.25, 0.3) is 5.57 Å². The van der Waals surface area contributed by atoms with Gasteiger partial charge in [-0.15, -0.1) is 0 Å². The molecule has 4 rings (SSSR count). The van der Waals surface area contributed by atoms with Gasteiger partial charge in [0.2, 0.25) is 10.0 Å². The molecule has 7 heteroatoms. The summed E-state index contributed by atoms with van der Waals surface area (Å²) >= 11 is 0. The molecule has 6 nitrogen and oxygen atoms in total. The van der Waals surface area contributed by atoms with Crippen molar-refractivity contribution in [3.63, 3.8) is 0 Å². The number of hydrogen-bond donors (Lipinski definition) is 0. The summed E-state index contributed by atoms with van der Waals surface area (Å²) < 4.78 is 33.5. The molecular formula is C25H25NO5S. The molecule has 0 radical (unpaired) electrons. The lowest BCUT2D eigenvalue weighted by Gasteiger charge is -2.39. The highest BCUT2D eigenvalue weighted by Gasteiger charge is 2.48. The number of benzene rings is 2. The largest absolute Gasteiger partial charge is 0.466 e. The highest BCUT2D eigenvalue weighted by atomic mass is 32.2. The molecule has 2 aliphatic rings. The maximum absolute atomic E-state index is 13.7. The Bertz CT molecular complexity index is 1210. The summed E-state index contributed by atoms with van der Waals surface area (Å²) in [6, 6.07) is 14.8. The van der Waals surface area contributed by atoms with Crippen LogP contribution in [0.4, 0.5) is 0 Å². The number of nitrogens with zero attached hydrogens (tertiary/aromatic N) is 1. The van der Waals surface area contributed by atoms with Crippen LogP contribution in [0, 0.1) is 12.8 Å². The zero-order chi connectivity index (χ0) is 23.0. The highest BCUT2D eigenvalue weighted by Crippen LogP contribution is 2.46. The fourth-order valence-electron chi connectivity index (χ4n) is 4.63. The predicted molar refractivity (Wildman–Crippen MR) is 121 cm³/mol. The van der Waals surface area contributed by atoms with Gasteiger partial charge in [0, 0.05) is 18.5 Å². The molecule has 0 amide bonds. The lowest BCUT2D eigenvalue weighted by molar-refractivity contribution is -0.136. The maximum atomic E-state index is 13.7. The molecule has 2 aromatic rings. The van der Waals surface area contributed by atoms with Gasteiger partial charge in [0.05, 0.1) is 23.6 Å². The van der Waals surface area contributed by atoms with Gasteiger partial charge >= 0.3 is 5.97 Å². The molecule has 2 aromatic carbocycles. The number of allylic oxidation sites excluding steroid dienone is 1. The molecule has 0 spiro atoms. The van der Waals surface area contributed by atoms with E-state index in [1.54, 1.807) is 24.3 Å². The van der Waals surface area contributed by atoms with Gasteiger partial charge in [-0.3, -0.25) is 4.79 Å². The zero-order valence-electron chi connectivity index (χ0n) is 18.1. The topological polar surface area (TPSA) is 80.8 Å². The third kappa shape index (κ3) is 3.72. The van der Waals surface area contributed by atoms with Crippen molar-refractivity contribution in [1.29, 1.82) is 0 Å². The van der Waals surface area contributed by atoms with Gasteiger partial charge in [0.25, 0.3) is 0 Å². The first-order chi connectivity index (χ1) is 15.3. The molecule has 0 N–H and O–H groups in total. The molecule has 1 fully saturated rings. The number of esters is 1. The monoisotopic (exact) mass is 451 g/mol. The van der Waals surface area contributed by atoms with Gasteiger partial charge in [0.1, 0.15) is 0 Å². The quantitative estimate of drug-likeness (QED) is 0.513. The average Bonchev–Trinajstić information content (AvgIpc) is 3.14. The van der Waals surface area contributed by atoms with E-state index in [1.165, 1.54) is 11.4 Å². The molecular weight excluding hydrogens is 426 g/mol. The summed E-state index contributed by atoms with van der Waals surface area (Å²) in [5.74, 6) is -0.888. The highest BCUT2D eigenvalue weighted by molar-refractivity contribution is 7.89. The Kier molecular flexibility index (Phi) is 5.88. The van der Waals surface area contributed by atoms with Crippen LogP contribution in [-0.2, 0) is 24.3 Å². The van der Waals surface area contributed by atoms with Crippen LogP contribution in [0.1, 0.15) is 24.0 Å². The molecule has 0 aromatic heterocycles. The second kappa shape index (κ2) is 8.48. The van der Waals surface area contributed by atoms with E-state index in [-0.39, 0.29) is 28.7 Å². The average molecular weight is 452 g/mol. The number of hydrogen-bond acceptors (Lipinski definition) is 5. The second-order valence-corrected chi connectivity index (χ2v) is 10.0. The standard InChI is InChI=1S/C25H25NO5S/c1-16-9-11-20(12-10-16)32(29,30)26-14-13-19-15-21(27)22(18-7-5-4-6-8-18)23(19)24(26)17(2)25(28)31-3/h4-12,19,24H,2,13-15H2,1,3H3. The van der Waals surface area contributed by atoms with E-state index < -0.39 is 22.0 Å². The van der Waals surface area contributed by atoms with E-state index >= 15 is 0 Å². The fraction of sp³-hybridized carbons (Fsp3) is 0.280. The van der Waals surface area contributed by atoms with Crippen LogP contribution in [0.3, 0.4) is 0 Å². The van der Waals surface area contributed by atoms with Crippen molar-refractivity contribution >= 4 is 27.3 Å². The lowest BCUT2D eigenvalue weighted by Crippen LogP contribution is -2.49. The SMILES string of the molecule is C=C(C(=O)OC)C1C2=C(c3ccccc3)C(=O)CC2CCN1S(=O)(=O)c1ccc(C)cc1. The molecule has 1 saturated heterocycles. The van der Waals surface area contributed by atoms with E-state index in [1.807, 2.05) is 37.3 Å². The maximum Gasteiger partial charge on any atom is 0.335 e. The third-order valence-corrected chi connectivity index (χ3v) is 8.07. The Morgan fingerprint density at radius 3 is 2.38 bits per heavy atom. The number of methoxy groups -OCH3 is 1. The summed E-state index contributed by atoms with van der Waals surface area (Å²) in [5, 5.41) is 0. The number of carbonyl (C=O) groups excluding carboxylic acids is 2. The van der Waals surface area contributed by atoms with Gasteiger partial charge in [-0.1, -0.05) is 54.6 Å². The Labute approximate surface area is 188 Å². The van der Waals surface area contributed by atoms with E-state index in [0.29, 0.717) is 29.6 Å². The van der Waals surface area contributed by atoms with Gasteiger partial charge < -0.3 is 4.74 Å². The van der Waals surface area contributed by atoms with Crippen molar-refractivity contribution in [2.75, 3.05) is 13.7 Å². The third-order valence-electron chi connectivity index (χ3n) is 6.19. The van der Waals surface area contributed by atoms with Crippen LogP contribution in [0.15, 0.2) is 77.2 Å². The summed E-state index contributed by atoms with van der Waals surface area (Å²) in [6.45, 7) is 5.97. The number of piperidine rings is 1. The van der Waals surface area contributed by atoms with Crippen LogP contribution in [0.5, 0.6) is 0 Å². The van der Waals surface area contributed by atoms with Crippen LogP contribution in [0.2, 0.25) is 0 Å². The summed E-state index contributed by atoms with van der Waals surface area (Å²) in [6.07, 6.45) is 0.788. The van der Waals surface area contributed by atoms with Crippen LogP contribution in [-0.4, -0.2) is 44.2 Å². The normalized spacial score (nSPS) is 21.4. The Balaban J connectivity index is 1.91. The van der Waals surface area contributed by atoms with E-state index in [2.05, 4.69) is 6.58 Å². The van der Waals surface area contributed by atoms with Gasteiger partial charge in [0.15, 0.2) is 5.78 Å². The van der Waals surface area contributed by atoms with Gasteiger partial charge in [-0.25, -0.2) is 13.2 Å². The first-order valence-electron chi connectivity index (χ1n) is 10.4. The summed E-state index contributed by atoms with van der Waals surface area (Å²) in [5.41, 5.74) is 2.78. The summed E-state index contributed by atoms with van der Waals surface area (Å²) in [7, 11) is -2.72. The van der Waals surface area contributed by atoms with Gasteiger partial charge in [-0.05, 0) is 42.5 Å².